The van der Waals surface area contributed by atoms with Crippen molar-refractivity contribution in [3.05, 3.63) is 65.3 Å². The summed E-state index contributed by atoms with van der Waals surface area (Å²) in [6, 6.07) is 10.6. The van der Waals surface area contributed by atoms with Crippen molar-refractivity contribution in [1.82, 2.24) is 20.0 Å². The lowest BCUT2D eigenvalue weighted by atomic mass is 9.84. The van der Waals surface area contributed by atoms with Gasteiger partial charge in [-0.1, -0.05) is 28.9 Å². The van der Waals surface area contributed by atoms with Crippen LogP contribution in [0.2, 0.25) is 5.02 Å². The Labute approximate surface area is 160 Å². The Morgan fingerprint density at radius 2 is 1.78 bits per heavy atom. The molecule has 0 aliphatic carbocycles. The highest BCUT2D eigenvalue weighted by atomic mass is 35.5. The van der Waals surface area contributed by atoms with Gasteiger partial charge in [-0.3, -0.25) is 9.78 Å². The number of likely N-dealkylation sites (tertiary alicyclic amines) is 1. The third-order valence-corrected chi connectivity index (χ3v) is 5.06. The van der Waals surface area contributed by atoms with Gasteiger partial charge in [0.05, 0.1) is 5.60 Å². The maximum Gasteiger partial charge on any atom is 0.316 e. The van der Waals surface area contributed by atoms with Crippen molar-refractivity contribution in [2.45, 2.75) is 18.4 Å². The number of halogens is 1. The fourth-order valence-corrected chi connectivity index (χ4v) is 3.32. The van der Waals surface area contributed by atoms with Crippen molar-refractivity contribution in [3.63, 3.8) is 0 Å². The SMILES string of the molecule is O=C(c1nc(-c2ccncc2)no1)N1CCC(O)(c2ccc(Cl)cc2)CC1. The minimum Gasteiger partial charge on any atom is -0.385 e. The quantitative estimate of drug-likeness (QED) is 0.746. The number of hydrogen-bond acceptors (Lipinski definition) is 6. The number of aliphatic hydroxyl groups is 1. The van der Waals surface area contributed by atoms with Crippen LogP contribution in [0.3, 0.4) is 0 Å². The number of carbonyl (C=O) groups excluding carboxylic acids is 1. The lowest BCUT2D eigenvalue weighted by molar-refractivity contribution is -0.0220. The van der Waals surface area contributed by atoms with Crippen LogP contribution in [0.5, 0.6) is 0 Å². The van der Waals surface area contributed by atoms with Crippen LogP contribution >= 0.6 is 11.6 Å². The van der Waals surface area contributed by atoms with Crippen molar-refractivity contribution in [2.24, 2.45) is 0 Å². The van der Waals surface area contributed by atoms with E-state index < -0.39 is 5.60 Å². The largest absolute Gasteiger partial charge is 0.385 e. The molecule has 1 fully saturated rings. The monoisotopic (exact) mass is 384 g/mol. The standard InChI is InChI=1S/C19H17ClN4O3/c20-15-3-1-14(2-4-15)19(26)7-11-24(12-8-19)18(25)17-22-16(23-27-17)13-5-9-21-10-6-13/h1-6,9-10,26H,7-8,11-12H2. The van der Waals surface area contributed by atoms with Gasteiger partial charge in [0, 0.05) is 36.1 Å². The number of benzene rings is 1. The fourth-order valence-electron chi connectivity index (χ4n) is 3.19. The maximum absolute atomic E-state index is 12.7. The van der Waals surface area contributed by atoms with Crippen molar-refractivity contribution >= 4 is 17.5 Å². The van der Waals surface area contributed by atoms with Crippen LogP contribution < -0.4 is 0 Å². The highest BCUT2D eigenvalue weighted by Gasteiger charge is 2.36. The number of amides is 1. The Balaban J connectivity index is 1.44. The molecule has 27 heavy (non-hydrogen) atoms. The topological polar surface area (TPSA) is 92.3 Å². The van der Waals surface area contributed by atoms with Gasteiger partial charge in [0.1, 0.15) is 0 Å². The molecule has 2 aromatic heterocycles. The smallest absolute Gasteiger partial charge is 0.316 e. The molecule has 7 nitrogen and oxygen atoms in total. The van der Waals surface area contributed by atoms with Gasteiger partial charge in [-0.05, 0) is 42.7 Å². The van der Waals surface area contributed by atoms with E-state index in [1.54, 1.807) is 41.6 Å². The molecule has 0 bridgehead atoms. The third kappa shape index (κ3) is 3.56. The second kappa shape index (κ2) is 7.09. The van der Waals surface area contributed by atoms with E-state index in [2.05, 4.69) is 15.1 Å². The molecule has 4 rings (SSSR count). The van der Waals surface area contributed by atoms with E-state index >= 15 is 0 Å². The first kappa shape index (κ1) is 17.6. The molecule has 1 aliphatic rings. The average molecular weight is 385 g/mol. The van der Waals surface area contributed by atoms with Crippen LogP contribution in [0, 0.1) is 0 Å². The number of nitrogens with zero attached hydrogens (tertiary/aromatic N) is 4. The summed E-state index contributed by atoms with van der Waals surface area (Å²) in [5, 5.41) is 15.4. The summed E-state index contributed by atoms with van der Waals surface area (Å²) in [6.45, 7) is 0.788. The molecule has 0 radical (unpaired) electrons. The first-order valence-electron chi connectivity index (χ1n) is 8.57. The first-order chi connectivity index (χ1) is 13.0. The molecular formula is C19H17ClN4O3. The number of piperidine rings is 1. The Morgan fingerprint density at radius 3 is 2.44 bits per heavy atom. The molecule has 1 amide bonds. The summed E-state index contributed by atoms with van der Waals surface area (Å²) in [4.78, 5) is 22.4. The van der Waals surface area contributed by atoms with E-state index in [0.29, 0.717) is 36.8 Å². The minimum atomic E-state index is -0.974. The summed E-state index contributed by atoms with van der Waals surface area (Å²) >= 11 is 5.91. The van der Waals surface area contributed by atoms with Gasteiger partial charge in [0.25, 0.3) is 0 Å². The van der Waals surface area contributed by atoms with Gasteiger partial charge in [-0.2, -0.15) is 4.98 Å². The summed E-state index contributed by atoms with van der Waals surface area (Å²) in [6.07, 6.45) is 4.09. The highest BCUT2D eigenvalue weighted by molar-refractivity contribution is 6.30. The van der Waals surface area contributed by atoms with E-state index in [1.807, 2.05) is 12.1 Å². The van der Waals surface area contributed by atoms with Crippen LogP contribution in [-0.2, 0) is 5.60 Å². The van der Waals surface area contributed by atoms with Gasteiger partial charge in [0.15, 0.2) is 0 Å². The van der Waals surface area contributed by atoms with Crippen LogP contribution in [0.4, 0.5) is 0 Å². The van der Waals surface area contributed by atoms with E-state index in [9.17, 15) is 9.90 Å². The zero-order valence-corrected chi connectivity index (χ0v) is 15.1. The summed E-state index contributed by atoms with van der Waals surface area (Å²) in [5.74, 6) is -0.0462. The van der Waals surface area contributed by atoms with Gasteiger partial charge in [-0.25, -0.2) is 0 Å². The first-order valence-corrected chi connectivity index (χ1v) is 8.95. The Bertz CT molecular complexity index is 935. The number of carbonyl (C=O) groups is 1. The molecule has 1 aromatic carbocycles. The summed E-state index contributed by atoms with van der Waals surface area (Å²) in [5.41, 5.74) is 0.554. The molecule has 0 spiro atoms. The molecular weight excluding hydrogens is 368 g/mol. The summed E-state index contributed by atoms with van der Waals surface area (Å²) in [7, 11) is 0. The normalized spacial score (nSPS) is 16.3. The van der Waals surface area contributed by atoms with Crippen molar-refractivity contribution in [3.8, 4) is 11.4 Å². The third-order valence-electron chi connectivity index (χ3n) is 4.81. The molecule has 1 N–H and O–H groups in total. The van der Waals surface area contributed by atoms with E-state index in [4.69, 9.17) is 16.1 Å². The molecule has 3 heterocycles. The molecule has 138 valence electrons. The second-order valence-electron chi connectivity index (χ2n) is 6.49. The van der Waals surface area contributed by atoms with Gasteiger partial charge < -0.3 is 14.5 Å². The Kier molecular flexibility index (Phi) is 4.63. The summed E-state index contributed by atoms with van der Waals surface area (Å²) < 4.78 is 5.13. The van der Waals surface area contributed by atoms with E-state index in [0.717, 1.165) is 11.1 Å². The van der Waals surface area contributed by atoms with Crippen molar-refractivity contribution < 1.29 is 14.4 Å². The number of pyridine rings is 1. The molecule has 1 aliphatic heterocycles. The van der Waals surface area contributed by atoms with Crippen LogP contribution in [0.1, 0.15) is 29.1 Å². The predicted octanol–water partition coefficient (Wildman–Crippen LogP) is 2.91. The van der Waals surface area contributed by atoms with Gasteiger partial charge >= 0.3 is 11.8 Å². The molecule has 8 heteroatoms. The average Bonchev–Trinajstić information content (AvgIpc) is 3.19. The molecule has 0 unspecified atom stereocenters. The highest BCUT2D eigenvalue weighted by Crippen LogP contribution is 2.33. The maximum atomic E-state index is 12.7. The minimum absolute atomic E-state index is 0.0567. The number of hydrogen-bond donors (Lipinski definition) is 1. The van der Waals surface area contributed by atoms with Crippen molar-refractivity contribution in [2.75, 3.05) is 13.1 Å². The predicted molar refractivity (Wildman–Crippen MR) is 98.0 cm³/mol. The van der Waals surface area contributed by atoms with Gasteiger partial charge in [-0.15, -0.1) is 0 Å². The molecule has 0 saturated carbocycles. The fraction of sp³-hybridized carbons (Fsp3) is 0.263. The van der Waals surface area contributed by atoms with Crippen LogP contribution in [0.25, 0.3) is 11.4 Å². The van der Waals surface area contributed by atoms with E-state index in [1.165, 1.54) is 0 Å². The Morgan fingerprint density at radius 1 is 1.11 bits per heavy atom. The van der Waals surface area contributed by atoms with Crippen LogP contribution in [0.15, 0.2) is 53.3 Å². The zero-order valence-electron chi connectivity index (χ0n) is 14.4. The van der Waals surface area contributed by atoms with Crippen LogP contribution in [-0.4, -0.2) is 44.1 Å². The zero-order chi connectivity index (χ0) is 18.9. The lowest BCUT2D eigenvalue weighted by Gasteiger charge is -2.38. The lowest BCUT2D eigenvalue weighted by Crippen LogP contribution is -2.45. The van der Waals surface area contributed by atoms with Crippen molar-refractivity contribution in [1.29, 1.82) is 0 Å². The molecule has 3 aromatic rings. The second-order valence-corrected chi connectivity index (χ2v) is 6.93. The Hall–Kier alpha value is -2.77. The van der Waals surface area contributed by atoms with Gasteiger partial charge in [0.2, 0.25) is 5.82 Å². The number of aromatic nitrogens is 3. The molecule has 0 atom stereocenters. The van der Waals surface area contributed by atoms with E-state index in [-0.39, 0.29) is 11.8 Å². The molecule has 1 saturated heterocycles. The number of rotatable bonds is 3.